The molecule has 1 N–H and O–H groups in total. The number of amides is 1. The zero-order chi connectivity index (χ0) is 16.9. The van der Waals surface area contributed by atoms with Gasteiger partial charge in [0.25, 0.3) is 5.91 Å². The first kappa shape index (κ1) is 15.2. The molecule has 4 heteroatoms. The van der Waals surface area contributed by atoms with Crippen LogP contribution in [0.15, 0.2) is 42.7 Å². The first-order valence-electron chi connectivity index (χ1n) is 9.56. The third-order valence-electron chi connectivity index (χ3n) is 6.54. The summed E-state index contributed by atoms with van der Waals surface area (Å²) in [6.45, 7) is 0.740. The van der Waals surface area contributed by atoms with Crippen LogP contribution in [-0.2, 0) is 6.54 Å². The molecule has 0 atom stereocenters. The monoisotopic (exact) mass is 335 g/mol. The third-order valence-corrected chi connectivity index (χ3v) is 6.54. The van der Waals surface area contributed by atoms with Gasteiger partial charge in [-0.2, -0.15) is 5.10 Å². The van der Waals surface area contributed by atoms with Crippen molar-refractivity contribution in [2.45, 2.75) is 50.6 Å². The van der Waals surface area contributed by atoms with E-state index in [0.29, 0.717) is 0 Å². The maximum absolute atomic E-state index is 12.8. The Kier molecular flexibility index (Phi) is 3.47. The lowest BCUT2D eigenvalue weighted by Crippen LogP contribution is -2.59. The van der Waals surface area contributed by atoms with E-state index in [1.54, 1.807) is 6.20 Å². The number of hydrogen-bond donors (Lipinski definition) is 1. The van der Waals surface area contributed by atoms with Crippen LogP contribution in [0.4, 0.5) is 0 Å². The van der Waals surface area contributed by atoms with Crippen molar-refractivity contribution >= 4 is 5.91 Å². The van der Waals surface area contributed by atoms with Gasteiger partial charge in [-0.15, -0.1) is 0 Å². The van der Waals surface area contributed by atoms with Crippen molar-refractivity contribution in [2.24, 2.45) is 17.8 Å². The Morgan fingerprint density at radius 1 is 1.08 bits per heavy atom. The predicted molar refractivity (Wildman–Crippen MR) is 96.1 cm³/mol. The lowest BCUT2D eigenvalue weighted by Gasteiger charge is -2.56. The number of carbonyl (C=O) groups excluding carboxylic acids is 1. The summed E-state index contributed by atoms with van der Waals surface area (Å²) < 4.78 is 1.89. The van der Waals surface area contributed by atoms with Crippen LogP contribution in [0.25, 0.3) is 0 Å². The molecule has 1 amide bonds. The van der Waals surface area contributed by atoms with Gasteiger partial charge in [0.1, 0.15) is 0 Å². The minimum absolute atomic E-state index is 0.0829. The minimum atomic E-state index is 0.0829. The average Bonchev–Trinajstić information content (AvgIpc) is 3.06. The number of benzene rings is 1. The molecule has 0 aliphatic heterocycles. The smallest absolute Gasteiger partial charge is 0.251 e. The highest BCUT2D eigenvalue weighted by Gasteiger charge is 2.51. The number of carbonyl (C=O) groups is 1. The van der Waals surface area contributed by atoms with Gasteiger partial charge in [-0.1, -0.05) is 12.1 Å². The first-order chi connectivity index (χ1) is 12.2. The van der Waals surface area contributed by atoms with E-state index in [-0.39, 0.29) is 11.4 Å². The van der Waals surface area contributed by atoms with Crippen LogP contribution in [0.2, 0.25) is 0 Å². The summed E-state index contributed by atoms with van der Waals surface area (Å²) in [5.41, 5.74) is 2.02. The normalized spacial score (nSPS) is 32.7. The van der Waals surface area contributed by atoms with E-state index < -0.39 is 0 Å². The minimum Gasteiger partial charge on any atom is -0.347 e. The molecule has 4 bridgehead atoms. The molecule has 1 aromatic carbocycles. The molecule has 0 saturated heterocycles. The van der Waals surface area contributed by atoms with E-state index in [0.717, 1.165) is 35.4 Å². The second-order valence-electron chi connectivity index (χ2n) is 8.55. The van der Waals surface area contributed by atoms with Crippen LogP contribution in [0.1, 0.15) is 54.4 Å². The van der Waals surface area contributed by atoms with Gasteiger partial charge in [0.2, 0.25) is 0 Å². The molecule has 6 rings (SSSR count). The molecular formula is C21H25N3O. The zero-order valence-electron chi connectivity index (χ0n) is 14.5. The van der Waals surface area contributed by atoms with Gasteiger partial charge in [0.15, 0.2) is 0 Å². The molecule has 4 nitrogen and oxygen atoms in total. The Morgan fingerprint density at radius 2 is 1.72 bits per heavy atom. The third kappa shape index (κ3) is 2.88. The van der Waals surface area contributed by atoms with Gasteiger partial charge in [-0.05, 0) is 80.0 Å². The number of hydrogen-bond acceptors (Lipinski definition) is 2. The molecule has 4 aliphatic rings. The number of aromatic nitrogens is 2. The topological polar surface area (TPSA) is 46.9 Å². The molecule has 130 valence electrons. The molecule has 1 aromatic heterocycles. The standard InChI is InChI=1S/C21H25N3O/c25-20(19-4-2-15(3-5-19)14-24-7-1-6-22-24)23-21-11-16-8-17(12-21)10-18(9-16)13-21/h1-7,16-18H,8-14H2,(H,23,25). The highest BCUT2D eigenvalue weighted by atomic mass is 16.1. The molecule has 4 aliphatic carbocycles. The summed E-state index contributed by atoms with van der Waals surface area (Å²) in [5, 5.41) is 7.68. The highest BCUT2D eigenvalue weighted by Crippen LogP contribution is 2.55. The fourth-order valence-electron chi connectivity index (χ4n) is 5.92. The molecule has 1 heterocycles. The van der Waals surface area contributed by atoms with Gasteiger partial charge in [-0.25, -0.2) is 0 Å². The zero-order valence-corrected chi connectivity index (χ0v) is 14.5. The fraction of sp³-hybridized carbons (Fsp3) is 0.524. The Labute approximate surface area is 148 Å². The Hall–Kier alpha value is -2.10. The first-order valence-corrected chi connectivity index (χ1v) is 9.56. The van der Waals surface area contributed by atoms with E-state index in [1.807, 2.05) is 41.2 Å². The van der Waals surface area contributed by atoms with E-state index in [4.69, 9.17) is 0 Å². The van der Waals surface area contributed by atoms with E-state index in [2.05, 4.69) is 10.4 Å². The van der Waals surface area contributed by atoms with Gasteiger partial charge >= 0.3 is 0 Å². The number of nitrogens with zero attached hydrogens (tertiary/aromatic N) is 2. The van der Waals surface area contributed by atoms with Crippen LogP contribution in [0.3, 0.4) is 0 Å². The van der Waals surface area contributed by atoms with E-state index in [1.165, 1.54) is 38.5 Å². The fourth-order valence-corrected chi connectivity index (χ4v) is 5.92. The van der Waals surface area contributed by atoms with Crippen molar-refractivity contribution in [3.8, 4) is 0 Å². The molecule has 4 fully saturated rings. The molecular weight excluding hydrogens is 310 g/mol. The Balaban J connectivity index is 1.28. The maximum atomic E-state index is 12.8. The number of nitrogens with one attached hydrogen (secondary N) is 1. The SMILES string of the molecule is O=C(NC12CC3CC(CC(C3)C1)C2)c1ccc(Cn2cccn2)cc1. The van der Waals surface area contributed by atoms with Crippen molar-refractivity contribution in [3.05, 3.63) is 53.9 Å². The number of rotatable bonds is 4. The van der Waals surface area contributed by atoms with Gasteiger partial charge in [0, 0.05) is 23.5 Å². The van der Waals surface area contributed by atoms with Gasteiger partial charge < -0.3 is 5.32 Å². The van der Waals surface area contributed by atoms with Crippen molar-refractivity contribution in [2.75, 3.05) is 0 Å². The summed E-state index contributed by atoms with van der Waals surface area (Å²) in [7, 11) is 0. The predicted octanol–water partition coefficient (Wildman–Crippen LogP) is 3.63. The van der Waals surface area contributed by atoms with Crippen molar-refractivity contribution in [1.29, 1.82) is 0 Å². The maximum Gasteiger partial charge on any atom is 0.251 e. The molecule has 25 heavy (non-hydrogen) atoms. The van der Waals surface area contributed by atoms with Crippen LogP contribution in [-0.4, -0.2) is 21.2 Å². The van der Waals surface area contributed by atoms with Crippen molar-refractivity contribution in [3.63, 3.8) is 0 Å². The second kappa shape index (κ2) is 5.72. The largest absolute Gasteiger partial charge is 0.347 e. The van der Waals surface area contributed by atoms with Crippen molar-refractivity contribution in [1.82, 2.24) is 15.1 Å². The molecule has 0 spiro atoms. The summed E-state index contributed by atoms with van der Waals surface area (Å²) in [4.78, 5) is 12.8. The quantitative estimate of drug-likeness (QED) is 0.927. The van der Waals surface area contributed by atoms with Crippen molar-refractivity contribution < 1.29 is 4.79 Å². The van der Waals surface area contributed by atoms with Crippen LogP contribution in [0, 0.1) is 17.8 Å². The van der Waals surface area contributed by atoms with Crippen LogP contribution < -0.4 is 5.32 Å². The average molecular weight is 335 g/mol. The summed E-state index contributed by atoms with van der Waals surface area (Å²) in [5.74, 6) is 2.65. The highest BCUT2D eigenvalue weighted by molar-refractivity contribution is 5.94. The van der Waals surface area contributed by atoms with Crippen LogP contribution >= 0.6 is 0 Å². The molecule has 0 radical (unpaired) electrons. The Bertz CT molecular complexity index is 728. The van der Waals surface area contributed by atoms with E-state index in [9.17, 15) is 4.79 Å². The molecule has 2 aromatic rings. The lowest BCUT2D eigenvalue weighted by molar-refractivity contribution is -0.0167. The van der Waals surface area contributed by atoms with Gasteiger partial charge in [-0.3, -0.25) is 9.48 Å². The Morgan fingerprint density at radius 3 is 2.28 bits per heavy atom. The lowest BCUT2D eigenvalue weighted by atomic mass is 9.53. The van der Waals surface area contributed by atoms with E-state index >= 15 is 0 Å². The summed E-state index contributed by atoms with van der Waals surface area (Å²) >= 11 is 0. The van der Waals surface area contributed by atoms with Crippen LogP contribution in [0.5, 0.6) is 0 Å². The summed E-state index contributed by atoms with van der Waals surface area (Å²) in [6.07, 6.45) is 11.5. The molecule has 4 saturated carbocycles. The molecule has 0 unspecified atom stereocenters. The van der Waals surface area contributed by atoms with Gasteiger partial charge in [0.05, 0.1) is 6.54 Å². The second-order valence-corrected chi connectivity index (χ2v) is 8.55. The summed E-state index contributed by atoms with van der Waals surface area (Å²) in [6, 6.07) is 9.91.